The molecular formula is C25H21F5N8OS. The largest absolute Gasteiger partial charge is 0.610 e. The number of aryl methyl sites for hydroxylation is 1. The Hall–Kier alpha value is -4.29. The van der Waals surface area contributed by atoms with Crippen LogP contribution in [0.2, 0.25) is 0 Å². The highest BCUT2D eigenvalue weighted by Crippen LogP contribution is 2.44. The smallest absolute Gasteiger partial charge is 0.458 e. The molecule has 0 radical (unpaired) electrons. The van der Waals surface area contributed by atoms with Gasteiger partial charge in [-0.1, -0.05) is 12.1 Å². The molecule has 0 aliphatic carbocycles. The molecule has 1 unspecified atom stereocenters. The number of allylic oxidation sites excluding steroid dienone is 1. The fourth-order valence-corrected chi connectivity index (χ4v) is 4.96. The molecule has 1 atom stereocenters. The van der Waals surface area contributed by atoms with E-state index in [2.05, 4.69) is 20.3 Å². The molecule has 0 aliphatic heterocycles. The van der Waals surface area contributed by atoms with Gasteiger partial charge in [0.2, 0.25) is 0 Å². The van der Waals surface area contributed by atoms with E-state index < -0.39 is 28.8 Å². The molecule has 4 rings (SSSR count). The topological polar surface area (TPSA) is 131 Å². The highest BCUT2D eigenvalue weighted by atomic mass is 32.2. The Labute approximate surface area is 227 Å². The van der Waals surface area contributed by atoms with Crippen LogP contribution in [0.25, 0.3) is 28.3 Å². The summed E-state index contributed by atoms with van der Waals surface area (Å²) in [6.07, 6.45) is -2.94. The Balaban J connectivity index is 1.86. The zero-order valence-corrected chi connectivity index (χ0v) is 22.0. The normalized spacial score (nSPS) is 13.3. The number of hydrogen-bond acceptors (Lipinski definition) is 7. The summed E-state index contributed by atoms with van der Waals surface area (Å²) < 4.78 is 82.6. The molecule has 0 fully saturated rings. The maximum absolute atomic E-state index is 14.0. The first-order valence-corrected chi connectivity index (χ1v) is 12.9. The van der Waals surface area contributed by atoms with Gasteiger partial charge in [0.25, 0.3) is 5.03 Å². The molecule has 0 saturated carbocycles. The van der Waals surface area contributed by atoms with Crippen molar-refractivity contribution in [3.05, 3.63) is 59.7 Å². The highest BCUT2D eigenvalue weighted by Gasteiger charge is 2.59. The van der Waals surface area contributed by atoms with Gasteiger partial charge in [0.1, 0.15) is 23.2 Å². The number of imidazole rings is 2. The molecule has 2 N–H and O–H groups in total. The number of para-hydroxylation sites is 1. The number of fused-ring (bicyclic) bond motifs is 1. The van der Waals surface area contributed by atoms with Crippen LogP contribution in [0.5, 0.6) is 0 Å². The Kier molecular flexibility index (Phi) is 7.68. The van der Waals surface area contributed by atoms with Gasteiger partial charge < -0.3 is 19.8 Å². The van der Waals surface area contributed by atoms with E-state index in [0.29, 0.717) is 23.5 Å². The second-order valence-corrected chi connectivity index (χ2v) is 10.1. The number of halogens is 5. The third-order valence-corrected chi connectivity index (χ3v) is 7.43. The van der Waals surface area contributed by atoms with Crippen LogP contribution in [0.3, 0.4) is 0 Å². The number of pyridine rings is 1. The van der Waals surface area contributed by atoms with E-state index in [1.807, 2.05) is 6.07 Å². The van der Waals surface area contributed by atoms with Crippen molar-refractivity contribution in [2.24, 2.45) is 14.1 Å². The number of nitriles is 1. The van der Waals surface area contributed by atoms with Gasteiger partial charge in [-0.25, -0.2) is 15.0 Å². The molecule has 0 aliphatic rings. The first kappa shape index (κ1) is 28.7. The van der Waals surface area contributed by atoms with E-state index in [-0.39, 0.29) is 44.9 Å². The first-order valence-electron chi connectivity index (χ1n) is 11.5. The van der Waals surface area contributed by atoms with Gasteiger partial charge in [-0.2, -0.15) is 27.2 Å². The summed E-state index contributed by atoms with van der Waals surface area (Å²) in [5.74, 6) is -4.75. The highest BCUT2D eigenvalue weighted by molar-refractivity contribution is 7.91. The van der Waals surface area contributed by atoms with Gasteiger partial charge in [0.05, 0.1) is 22.4 Å². The van der Waals surface area contributed by atoms with Gasteiger partial charge in [-0.15, -0.1) is 0 Å². The third kappa shape index (κ3) is 4.91. The predicted molar refractivity (Wildman–Crippen MR) is 139 cm³/mol. The summed E-state index contributed by atoms with van der Waals surface area (Å²) in [5, 5.41) is 20.4. The Morgan fingerprint density at radius 3 is 2.50 bits per heavy atom. The van der Waals surface area contributed by atoms with Gasteiger partial charge in [-0.05, 0) is 25.1 Å². The molecular weight excluding hydrogens is 555 g/mol. The van der Waals surface area contributed by atoms with Crippen LogP contribution in [-0.4, -0.2) is 46.8 Å². The number of anilines is 1. The van der Waals surface area contributed by atoms with E-state index in [1.165, 1.54) is 22.4 Å². The van der Waals surface area contributed by atoms with Crippen molar-refractivity contribution in [1.82, 2.24) is 24.1 Å². The molecule has 4 aromatic rings. The summed E-state index contributed by atoms with van der Waals surface area (Å²) in [6, 6.07) is 9.35. The Bertz CT molecular complexity index is 1670. The van der Waals surface area contributed by atoms with Crippen LogP contribution in [0.15, 0.2) is 47.8 Å². The molecule has 0 saturated heterocycles. The van der Waals surface area contributed by atoms with Crippen molar-refractivity contribution in [2.75, 3.05) is 11.1 Å². The van der Waals surface area contributed by atoms with Crippen molar-refractivity contribution >= 4 is 39.8 Å². The minimum absolute atomic E-state index is 0.00903. The van der Waals surface area contributed by atoms with Crippen molar-refractivity contribution in [1.29, 1.82) is 10.7 Å². The molecule has 40 heavy (non-hydrogen) atoms. The van der Waals surface area contributed by atoms with Crippen LogP contribution >= 0.6 is 0 Å². The van der Waals surface area contributed by atoms with E-state index >= 15 is 0 Å². The maximum Gasteiger partial charge on any atom is 0.458 e. The molecule has 0 spiro atoms. The number of alkyl halides is 5. The van der Waals surface area contributed by atoms with Gasteiger partial charge >= 0.3 is 12.1 Å². The molecule has 9 nitrogen and oxygen atoms in total. The summed E-state index contributed by atoms with van der Waals surface area (Å²) in [7, 11) is 3.04. The number of nitrogens with one attached hydrogen (secondary N) is 2. The average Bonchev–Trinajstić information content (AvgIpc) is 3.44. The Morgan fingerprint density at radius 1 is 1.18 bits per heavy atom. The zero-order chi connectivity index (χ0) is 29.4. The third-order valence-electron chi connectivity index (χ3n) is 6.00. The number of nitrogens with zero attached hydrogens (tertiary/aromatic N) is 6. The predicted octanol–water partition coefficient (Wildman–Crippen LogP) is 5.12. The van der Waals surface area contributed by atoms with Gasteiger partial charge in [-0.3, -0.25) is 4.57 Å². The fraction of sp³-hybridized carbons (Fsp3) is 0.240. The van der Waals surface area contributed by atoms with Crippen molar-refractivity contribution < 1.29 is 26.5 Å². The van der Waals surface area contributed by atoms with Crippen LogP contribution in [-0.2, 0) is 31.2 Å². The van der Waals surface area contributed by atoms with Crippen LogP contribution < -0.4 is 5.32 Å². The number of benzene rings is 1. The lowest BCUT2D eigenvalue weighted by Gasteiger charge is -2.19. The average molecular weight is 577 g/mol. The molecule has 3 heterocycles. The molecule has 15 heteroatoms. The lowest BCUT2D eigenvalue weighted by Crippen LogP contribution is -2.33. The summed E-state index contributed by atoms with van der Waals surface area (Å²) in [6.45, 7) is 1.67. The number of hydrogen-bond donors (Lipinski definition) is 2. The second kappa shape index (κ2) is 10.7. The summed E-state index contributed by atoms with van der Waals surface area (Å²) in [4.78, 5) is 12.6. The first-order chi connectivity index (χ1) is 18.8. The zero-order valence-electron chi connectivity index (χ0n) is 21.2. The molecule has 0 bridgehead atoms. The SMILES string of the molecule is CC[S+]([O-])c1c(-c2nc3cc(C(F)(F)C(F)(F)F)cnc3n2C)nc(/C(C=N)=C/Nc2ccccc2C#N)n1C. The van der Waals surface area contributed by atoms with Crippen LogP contribution in [0.1, 0.15) is 23.9 Å². The lowest BCUT2D eigenvalue weighted by molar-refractivity contribution is -0.289. The number of aromatic nitrogens is 5. The molecule has 0 amide bonds. The number of rotatable bonds is 8. The van der Waals surface area contributed by atoms with Gasteiger partial charge in [0, 0.05) is 43.9 Å². The summed E-state index contributed by atoms with van der Waals surface area (Å²) >= 11 is -1.62. The van der Waals surface area contributed by atoms with Gasteiger partial charge in [0.15, 0.2) is 17.2 Å². The summed E-state index contributed by atoms with van der Waals surface area (Å²) in [5.41, 5.74) is -0.448. The quantitative estimate of drug-likeness (QED) is 0.170. The standard InChI is InChI=1S/C25H21F5N8OS/c1-4-40(39)23-19(22-35-18-9-16(13-34-21(18)37(22)2)24(26,27)25(28,29)30)36-20(38(23)3)15(11-32)12-33-17-8-6-5-7-14(17)10-31/h5-9,11-13,32-33H,4H2,1-3H3/b15-12+,32-11?. The van der Waals surface area contributed by atoms with Crippen molar-refractivity contribution in [2.45, 2.75) is 24.0 Å². The van der Waals surface area contributed by atoms with E-state index in [1.54, 1.807) is 38.2 Å². The monoisotopic (exact) mass is 576 g/mol. The van der Waals surface area contributed by atoms with Crippen molar-refractivity contribution in [3.63, 3.8) is 0 Å². The van der Waals surface area contributed by atoms with E-state index in [4.69, 9.17) is 5.41 Å². The second-order valence-electron chi connectivity index (χ2n) is 8.46. The van der Waals surface area contributed by atoms with Crippen LogP contribution in [0, 0.1) is 16.7 Å². The van der Waals surface area contributed by atoms with Crippen molar-refractivity contribution in [3.8, 4) is 17.6 Å². The lowest BCUT2D eigenvalue weighted by atomic mass is 10.1. The molecule has 1 aromatic carbocycles. The molecule has 208 valence electrons. The van der Waals surface area contributed by atoms with Crippen LogP contribution in [0.4, 0.5) is 27.6 Å². The Morgan fingerprint density at radius 2 is 1.88 bits per heavy atom. The fourth-order valence-electron chi connectivity index (χ4n) is 3.94. The molecule has 3 aromatic heterocycles. The minimum Gasteiger partial charge on any atom is -0.610 e. The maximum atomic E-state index is 14.0. The minimum atomic E-state index is -5.82. The van der Waals surface area contributed by atoms with E-state index in [9.17, 15) is 31.8 Å². The van der Waals surface area contributed by atoms with E-state index in [0.717, 1.165) is 6.21 Å².